The molecule has 1 aromatic rings. The fourth-order valence-electron chi connectivity index (χ4n) is 2.23. The van der Waals surface area contributed by atoms with Gasteiger partial charge in [-0.15, -0.1) is 0 Å². The second-order valence-corrected chi connectivity index (χ2v) is 7.73. The summed E-state index contributed by atoms with van der Waals surface area (Å²) >= 11 is 3.62. The van der Waals surface area contributed by atoms with E-state index < -0.39 is 0 Å². The molecule has 1 unspecified atom stereocenters. The van der Waals surface area contributed by atoms with E-state index in [-0.39, 0.29) is 16.1 Å². The van der Waals surface area contributed by atoms with Crippen molar-refractivity contribution < 1.29 is 14.3 Å². The summed E-state index contributed by atoms with van der Waals surface area (Å²) in [6, 6.07) is 5.27. The van der Waals surface area contributed by atoms with Crippen LogP contribution in [-0.2, 0) is 0 Å². The van der Waals surface area contributed by atoms with Crippen LogP contribution in [0.2, 0.25) is 0 Å². The lowest BCUT2D eigenvalue weighted by atomic mass is 9.90. The molecule has 1 aliphatic rings. The fraction of sp³-hybridized carbons (Fsp3) is 0.562. The number of alkyl halides is 1. The van der Waals surface area contributed by atoms with Crippen molar-refractivity contribution in [1.29, 1.82) is 0 Å². The zero-order valence-corrected chi connectivity index (χ0v) is 14.3. The number of carbonyl (C=O) groups excluding carboxylic acids is 1. The van der Waals surface area contributed by atoms with Gasteiger partial charge in [0.15, 0.2) is 11.5 Å². The number of benzene rings is 1. The highest BCUT2D eigenvalue weighted by molar-refractivity contribution is 9.09. The molecule has 4 nitrogen and oxygen atoms in total. The van der Waals surface area contributed by atoms with Gasteiger partial charge in [0.2, 0.25) is 0 Å². The molecule has 1 heterocycles. The van der Waals surface area contributed by atoms with Crippen molar-refractivity contribution in [2.45, 2.75) is 32.0 Å². The number of halogens is 1. The number of nitrogens with one attached hydrogen (secondary N) is 1. The first-order valence-electron chi connectivity index (χ1n) is 7.17. The Morgan fingerprint density at radius 3 is 2.62 bits per heavy atom. The van der Waals surface area contributed by atoms with Gasteiger partial charge in [-0.2, -0.15) is 0 Å². The Bertz CT molecular complexity index is 511. The Labute approximate surface area is 134 Å². The SMILES string of the molecule is CC(C)(C)CC(Br)CNC(=O)c1ccc2c(c1)OCCO2. The highest BCUT2D eigenvalue weighted by Gasteiger charge is 2.18. The van der Waals surface area contributed by atoms with Crippen LogP contribution in [0.5, 0.6) is 11.5 Å². The molecule has 2 rings (SSSR count). The molecule has 1 aliphatic heterocycles. The Hall–Kier alpha value is -1.23. The average Bonchev–Trinajstić information content (AvgIpc) is 2.42. The topological polar surface area (TPSA) is 47.6 Å². The van der Waals surface area contributed by atoms with Crippen LogP contribution in [0.4, 0.5) is 0 Å². The Kier molecular flexibility index (Phi) is 5.14. The van der Waals surface area contributed by atoms with E-state index in [2.05, 4.69) is 42.0 Å². The molecule has 5 heteroatoms. The molecule has 0 spiro atoms. The Morgan fingerprint density at radius 2 is 1.95 bits per heavy atom. The van der Waals surface area contributed by atoms with Crippen LogP contribution >= 0.6 is 15.9 Å². The standard InChI is InChI=1S/C16H22BrNO3/c1-16(2,3)9-12(17)10-18-15(19)11-4-5-13-14(8-11)21-7-6-20-13/h4-5,8,12H,6-7,9-10H2,1-3H3,(H,18,19). The van der Waals surface area contributed by atoms with Crippen molar-refractivity contribution in [3.8, 4) is 11.5 Å². The van der Waals surface area contributed by atoms with Gasteiger partial charge in [0.25, 0.3) is 5.91 Å². The van der Waals surface area contributed by atoms with Crippen molar-refractivity contribution >= 4 is 21.8 Å². The molecule has 0 saturated heterocycles. The quantitative estimate of drug-likeness (QED) is 0.842. The van der Waals surface area contributed by atoms with Gasteiger partial charge in [0.1, 0.15) is 13.2 Å². The van der Waals surface area contributed by atoms with Gasteiger partial charge in [-0.3, -0.25) is 4.79 Å². The lowest BCUT2D eigenvalue weighted by Crippen LogP contribution is -2.31. The van der Waals surface area contributed by atoms with Crippen molar-refractivity contribution in [3.63, 3.8) is 0 Å². The predicted octanol–water partition coefficient (Wildman–Crippen LogP) is 3.39. The monoisotopic (exact) mass is 355 g/mol. The van der Waals surface area contributed by atoms with E-state index in [1.807, 2.05) is 0 Å². The number of ether oxygens (including phenoxy) is 2. The molecule has 1 N–H and O–H groups in total. The molecule has 116 valence electrons. The van der Waals surface area contributed by atoms with Gasteiger partial charge < -0.3 is 14.8 Å². The molecule has 0 aliphatic carbocycles. The minimum absolute atomic E-state index is 0.0923. The van der Waals surface area contributed by atoms with Gasteiger partial charge in [0, 0.05) is 16.9 Å². The first-order valence-corrected chi connectivity index (χ1v) is 8.09. The normalized spacial score (nSPS) is 15.4. The zero-order valence-electron chi connectivity index (χ0n) is 12.7. The van der Waals surface area contributed by atoms with Crippen LogP contribution in [0.25, 0.3) is 0 Å². The van der Waals surface area contributed by atoms with Crippen molar-refractivity contribution in [1.82, 2.24) is 5.32 Å². The molecule has 0 aromatic heterocycles. The maximum Gasteiger partial charge on any atom is 0.251 e. The number of hydrogen-bond acceptors (Lipinski definition) is 3. The molecule has 1 atom stereocenters. The summed E-state index contributed by atoms with van der Waals surface area (Å²) in [5.41, 5.74) is 0.824. The molecule has 0 fully saturated rings. The fourth-order valence-corrected chi connectivity index (χ4v) is 3.36. The van der Waals surface area contributed by atoms with Crippen LogP contribution in [0.15, 0.2) is 18.2 Å². The van der Waals surface area contributed by atoms with Gasteiger partial charge >= 0.3 is 0 Å². The minimum atomic E-state index is -0.0923. The number of carbonyl (C=O) groups is 1. The largest absolute Gasteiger partial charge is 0.486 e. The highest BCUT2D eigenvalue weighted by atomic mass is 79.9. The molecule has 0 saturated carbocycles. The maximum absolute atomic E-state index is 12.2. The summed E-state index contributed by atoms with van der Waals surface area (Å²) < 4.78 is 10.9. The average molecular weight is 356 g/mol. The zero-order chi connectivity index (χ0) is 15.5. The molecule has 21 heavy (non-hydrogen) atoms. The summed E-state index contributed by atoms with van der Waals surface area (Å²) in [5, 5.41) is 2.95. The van der Waals surface area contributed by atoms with Gasteiger partial charge in [-0.1, -0.05) is 36.7 Å². The van der Waals surface area contributed by atoms with E-state index >= 15 is 0 Å². The third-order valence-electron chi connectivity index (χ3n) is 3.12. The smallest absolute Gasteiger partial charge is 0.251 e. The van der Waals surface area contributed by atoms with Crippen molar-refractivity contribution in [2.24, 2.45) is 5.41 Å². The molecular formula is C16H22BrNO3. The number of rotatable bonds is 4. The number of amides is 1. The van der Waals surface area contributed by atoms with Crippen molar-refractivity contribution in [2.75, 3.05) is 19.8 Å². The molecule has 0 radical (unpaired) electrons. The summed E-state index contributed by atoms with van der Waals surface area (Å²) in [4.78, 5) is 12.4. The first-order chi connectivity index (χ1) is 9.85. The van der Waals surface area contributed by atoms with E-state index in [1.165, 1.54) is 0 Å². The van der Waals surface area contributed by atoms with Gasteiger partial charge in [-0.25, -0.2) is 0 Å². The van der Waals surface area contributed by atoms with Crippen LogP contribution in [0.3, 0.4) is 0 Å². The van der Waals surface area contributed by atoms with Crippen LogP contribution in [0.1, 0.15) is 37.6 Å². The van der Waals surface area contributed by atoms with Gasteiger partial charge in [0.05, 0.1) is 0 Å². The van der Waals surface area contributed by atoms with Crippen molar-refractivity contribution in [3.05, 3.63) is 23.8 Å². The second-order valence-electron chi connectivity index (χ2n) is 6.43. The summed E-state index contributed by atoms with van der Waals surface area (Å²) in [6.07, 6.45) is 0.994. The second kappa shape index (κ2) is 6.69. The lowest BCUT2D eigenvalue weighted by molar-refractivity contribution is 0.0951. The number of fused-ring (bicyclic) bond motifs is 1. The van der Waals surface area contributed by atoms with E-state index in [0.717, 1.165) is 6.42 Å². The molecule has 1 aromatic carbocycles. The van der Waals surface area contributed by atoms with Crippen LogP contribution in [0, 0.1) is 5.41 Å². The molecular weight excluding hydrogens is 334 g/mol. The van der Waals surface area contributed by atoms with Crippen LogP contribution < -0.4 is 14.8 Å². The third kappa shape index (κ3) is 4.92. The predicted molar refractivity (Wildman–Crippen MR) is 86.6 cm³/mol. The summed E-state index contributed by atoms with van der Waals surface area (Å²) in [5.74, 6) is 1.24. The molecule has 0 bridgehead atoms. The maximum atomic E-state index is 12.2. The van der Waals surface area contributed by atoms with E-state index in [9.17, 15) is 4.79 Å². The lowest BCUT2D eigenvalue weighted by Gasteiger charge is -2.22. The third-order valence-corrected chi connectivity index (χ3v) is 3.77. The summed E-state index contributed by atoms with van der Waals surface area (Å²) in [6.45, 7) is 8.23. The highest BCUT2D eigenvalue weighted by Crippen LogP contribution is 2.30. The Balaban J connectivity index is 1.91. The van der Waals surface area contributed by atoms with E-state index in [0.29, 0.717) is 36.8 Å². The van der Waals surface area contributed by atoms with Gasteiger partial charge in [-0.05, 0) is 30.0 Å². The van der Waals surface area contributed by atoms with Crippen LogP contribution in [-0.4, -0.2) is 30.5 Å². The van der Waals surface area contributed by atoms with E-state index in [1.54, 1.807) is 18.2 Å². The Morgan fingerprint density at radius 1 is 1.29 bits per heavy atom. The molecule has 1 amide bonds. The number of hydrogen-bond donors (Lipinski definition) is 1. The first kappa shape index (κ1) is 16.1. The summed E-state index contributed by atoms with van der Waals surface area (Å²) in [7, 11) is 0. The van der Waals surface area contributed by atoms with E-state index in [4.69, 9.17) is 9.47 Å². The minimum Gasteiger partial charge on any atom is -0.486 e.